The number of nitrogens with zero attached hydrogens (tertiary/aromatic N) is 2. The van der Waals surface area contributed by atoms with Gasteiger partial charge in [0.05, 0.1) is 0 Å². The highest BCUT2D eigenvalue weighted by molar-refractivity contribution is 5.21. The molecule has 2 aliphatic heterocycles. The summed E-state index contributed by atoms with van der Waals surface area (Å²) in [5.41, 5.74) is 6.86. The van der Waals surface area contributed by atoms with E-state index < -0.39 is 0 Å². The van der Waals surface area contributed by atoms with E-state index in [9.17, 15) is 4.39 Å². The molecule has 0 bridgehead atoms. The molecule has 2 N–H and O–H groups in total. The predicted molar refractivity (Wildman–Crippen MR) is 79.0 cm³/mol. The Bertz CT molecular complexity index is 465. The van der Waals surface area contributed by atoms with Gasteiger partial charge in [-0.05, 0) is 32.4 Å². The summed E-state index contributed by atoms with van der Waals surface area (Å²) in [7, 11) is 0. The second kappa shape index (κ2) is 5.80. The van der Waals surface area contributed by atoms with Gasteiger partial charge in [-0.15, -0.1) is 0 Å². The lowest BCUT2D eigenvalue weighted by molar-refractivity contribution is 0.0551. The van der Waals surface area contributed by atoms with E-state index >= 15 is 0 Å². The molecule has 110 valence electrons. The van der Waals surface area contributed by atoms with Crippen LogP contribution in [0.25, 0.3) is 0 Å². The minimum absolute atomic E-state index is 0.188. The van der Waals surface area contributed by atoms with Crippen LogP contribution in [0.4, 0.5) is 4.39 Å². The quantitative estimate of drug-likeness (QED) is 0.917. The molecule has 2 aliphatic rings. The molecule has 2 heterocycles. The first-order valence-electron chi connectivity index (χ1n) is 7.63. The zero-order valence-corrected chi connectivity index (χ0v) is 12.1. The Balaban J connectivity index is 1.66. The standard InChI is InChI=1S/C16H24FN3/c1-12-9-19-8-4-5-13(19)10-20(12)11-16(18)14-6-2-3-7-15(14)17/h2-3,6-7,12-13,16H,4-5,8-11,18H2,1H3. The van der Waals surface area contributed by atoms with Gasteiger partial charge >= 0.3 is 0 Å². The first-order chi connectivity index (χ1) is 9.65. The topological polar surface area (TPSA) is 32.5 Å². The third-order valence-electron chi connectivity index (χ3n) is 4.80. The summed E-state index contributed by atoms with van der Waals surface area (Å²) >= 11 is 0. The Kier molecular flexibility index (Phi) is 4.06. The zero-order chi connectivity index (χ0) is 14.1. The SMILES string of the molecule is CC1CN2CCCC2CN1CC(N)c1ccccc1F. The van der Waals surface area contributed by atoms with Gasteiger partial charge in [0.2, 0.25) is 0 Å². The van der Waals surface area contributed by atoms with Gasteiger partial charge in [0.1, 0.15) is 5.82 Å². The number of hydrogen-bond donors (Lipinski definition) is 1. The molecule has 3 nitrogen and oxygen atoms in total. The lowest BCUT2D eigenvalue weighted by Gasteiger charge is -2.43. The van der Waals surface area contributed by atoms with Gasteiger partial charge in [0, 0.05) is 43.3 Å². The summed E-state index contributed by atoms with van der Waals surface area (Å²) in [6.45, 7) is 6.43. The highest BCUT2D eigenvalue weighted by Crippen LogP contribution is 2.26. The van der Waals surface area contributed by atoms with Crippen molar-refractivity contribution in [3.63, 3.8) is 0 Å². The third-order valence-corrected chi connectivity index (χ3v) is 4.80. The third kappa shape index (κ3) is 2.73. The van der Waals surface area contributed by atoms with E-state index in [1.807, 2.05) is 6.07 Å². The molecule has 0 amide bonds. The van der Waals surface area contributed by atoms with Crippen LogP contribution >= 0.6 is 0 Å². The van der Waals surface area contributed by atoms with Crippen LogP contribution in [0, 0.1) is 5.82 Å². The lowest BCUT2D eigenvalue weighted by atomic mass is 10.0. The van der Waals surface area contributed by atoms with Crippen molar-refractivity contribution in [2.24, 2.45) is 5.73 Å². The Morgan fingerprint density at radius 2 is 2.15 bits per heavy atom. The highest BCUT2D eigenvalue weighted by Gasteiger charge is 2.34. The van der Waals surface area contributed by atoms with Crippen LogP contribution in [0.5, 0.6) is 0 Å². The van der Waals surface area contributed by atoms with Crippen LogP contribution in [0.1, 0.15) is 31.4 Å². The highest BCUT2D eigenvalue weighted by atomic mass is 19.1. The van der Waals surface area contributed by atoms with Gasteiger partial charge in [-0.25, -0.2) is 4.39 Å². The number of nitrogens with two attached hydrogens (primary N) is 1. The molecular weight excluding hydrogens is 253 g/mol. The first kappa shape index (κ1) is 14.0. The van der Waals surface area contributed by atoms with Crippen LogP contribution in [-0.4, -0.2) is 48.1 Å². The van der Waals surface area contributed by atoms with Crippen molar-refractivity contribution in [3.8, 4) is 0 Å². The van der Waals surface area contributed by atoms with Gasteiger partial charge in [0.15, 0.2) is 0 Å². The molecule has 3 rings (SSSR count). The van der Waals surface area contributed by atoms with Gasteiger partial charge < -0.3 is 5.73 Å². The van der Waals surface area contributed by atoms with Crippen LogP contribution in [0.2, 0.25) is 0 Å². The summed E-state index contributed by atoms with van der Waals surface area (Å²) < 4.78 is 13.8. The molecule has 0 spiro atoms. The van der Waals surface area contributed by atoms with E-state index in [0.717, 1.165) is 19.6 Å². The van der Waals surface area contributed by atoms with E-state index in [2.05, 4.69) is 16.7 Å². The van der Waals surface area contributed by atoms with E-state index in [0.29, 0.717) is 17.6 Å². The van der Waals surface area contributed by atoms with E-state index in [1.54, 1.807) is 12.1 Å². The van der Waals surface area contributed by atoms with Crippen molar-refractivity contribution in [3.05, 3.63) is 35.6 Å². The molecule has 20 heavy (non-hydrogen) atoms. The molecule has 0 radical (unpaired) electrons. The van der Waals surface area contributed by atoms with E-state index in [1.165, 1.54) is 25.5 Å². The number of benzene rings is 1. The molecule has 0 aliphatic carbocycles. The fraction of sp³-hybridized carbons (Fsp3) is 0.625. The smallest absolute Gasteiger partial charge is 0.128 e. The van der Waals surface area contributed by atoms with Crippen molar-refractivity contribution >= 4 is 0 Å². The predicted octanol–water partition coefficient (Wildman–Crippen LogP) is 1.99. The van der Waals surface area contributed by atoms with Crippen molar-refractivity contribution < 1.29 is 4.39 Å². The minimum Gasteiger partial charge on any atom is -0.323 e. The maximum atomic E-state index is 13.8. The zero-order valence-electron chi connectivity index (χ0n) is 12.1. The second-order valence-electron chi connectivity index (χ2n) is 6.22. The Hall–Kier alpha value is -0.970. The van der Waals surface area contributed by atoms with Gasteiger partial charge in [-0.3, -0.25) is 9.80 Å². The number of halogens is 1. The molecule has 1 aromatic carbocycles. The summed E-state index contributed by atoms with van der Waals surface area (Å²) in [4.78, 5) is 5.03. The minimum atomic E-state index is -0.244. The van der Waals surface area contributed by atoms with E-state index in [-0.39, 0.29) is 11.9 Å². The van der Waals surface area contributed by atoms with Crippen LogP contribution in [0.15, 0.2) is 24.3 Å². The fourth-order valence-corrected chi connectivity index (χ4v) is 3.63. The fourth-order valence-electron chi connectivity index (χ4n) is 3.63. The Morgan fingerprint density at radius 3 is 2.95 bits per heavy atom. The van der Waals surface area contributed by atoms with Crippen molar-refractivity contribution in [2.75, 3.05) is 26.2 Å². The van der Waals surface area contributed by atoms with Gasteiger partial charge in [0.25, 0.3) is 0 Å². The van der Waals surface area contributed by atoms with Crippen molar-refractivity contribution in [2.45, 2.75) is 37.9 Å². The summed E-state index contributed by atoms with van der Waals surface area (Å²) in [6, 6.07) is 7.80. The van der Waals surface area contributed by atoms with Gasteiger partial charge in [-0.1, -0.05) is 18.2 Å². The van der Waals surface area contributed by atoms with Crippen molar-refractivity contribution in [1.82, 2.24) is 9.80 Å². The molecule has 0 aromatic heterocycles. The molecule has 3 atom stereocenters. The van der Waals surface area contributed by atoms with Crippen LogP contribution in [-0.2, 0) is 0 Å². The molecule has 4 heteroatoms. The Labute approximate surface area is 120 Å². The molecular formula is C16H24FN3. The molecule has 2 fully saturated rings. The number of piperazine rings is 1. The summed E-state index contributed by atoms with van der Waals surface area (Å²) in [5.74, 6) is -0.188. The maximum absolute atomic E-state index is 13.8. The van der Waals surface area contributed by atoms with Crippen LogP contribution < -0.4 is 5.73 Å². The largest absolute Gasteiger partial charge is 0.323 e. The average Bonchev–Trinajstić information content (AvgIpc) is 2.86. The second-order valence-corrected chi connectivity index (χ2v) is 6.22. The summed E-state index contributed by atoms with van der Waals surface area (Å²) in [5, 5.41) is 0. The Morgan fingerprint density at radius 1 is 1.35 bits per heavy atom. The molecule has 0 saturated carbocycles. The van der Waals surface area contributed by atoms with Crippen LogP contribution in [0.3, 0.4) is 0 Å². The first-order valence-corrected chi connectivity index (χ1v) is 7.63. The van der Waals surface area contributed by atoms with Crippen molar-refractivity contribution in [1.29, 1.82) is 0 Å². The monoisotopic (exact) mass is 277 g/mol. The number of rotatable bonds is 3. The summed E-state index contributed by atoms with van der Waals surface area (Å²) in [6.07, 6.45) is 2.60. The lowest BCUT2D eigenvalue weighted by Crippen LogP contribution is -2.56. The molecule has 2 saturated heterocycles. The number of hydrogen-bond acceptors (Lipinski definition) is 3. The normalized spacial score (nSPS) is 29.4. The maximum Gasteiger partial charge on any atom is 0.128 e. The molecule has 1 aromatic rings. The molecule has 3 unspecified atom stereocenters. The van der Waals surface area contributed by atoms with E-state index in [4.69, 9.17) is 5.73 Å². The number of fused-ring (bicyclic) bond motifs is 1. The average molecular weight is 277 g/mol. The van der Waals surface area contributed by atoms with Gasteiger partial charge in [-0.2, -0.15) is 0 Å².